The Balaban J connectivity index is 1.60. The minimum Gasteiger partial charge on any atom is -0.368 e. The number of halogens is 1. The van der Waals surface area contributed by atoms with Gasteiger partial charge in [0.2, 0.25) is 0 Å². The number of carbonyl (C=O) groups excluding carboxylic acids is 2. The van der Waals surface area contributed by atoms with Crippen LogP contribution in [0.25, 0.3) is 0 Å². The lowest BCUT2D eigenvalue weighted by molar-refractivity contribution is -0.146. The zero-order valence-corrected chi connectivity index (χ0v) is 15.8. The van der Waals surface area contributed by atoms with Gasteiger partial charge in [0.05, 0.1) is 0 Å². The molecule has 0 radical (unpaired) electrons. The first-order valence-electron chi connectivity index (χ1n) is 9.22. The quantitative estimate of drug-likeness (QED) is 0.714. The number of anilines is 1. The molecule has 3 N–H and O–H groups in total. The molecule has 0 bridgehead atoms. The molecule has 3 rings (SSSR count). The van der Waals surface area contributed by atoms with Crippen molar-refractivity contribution in [3.63, 3.8) is 0 Å². The van der Waals surface area contributed by atoms with Crippen molar-refractivity contribution < 1.29 is 18.7 Å². The summed E-state index contributed by atoms with van der Waals surface area (Å²) in [7, 11) is 1.57. The van der Waals surface area contributed by atoms with Crippen molar-refractivity contribution in [1.82, 2.24) is 10.6 Å². The molecule has 0 spiro atoms. The minimum absolute atomic E-state index is 0.128. The van der Waals surface area contributed by atoms with Gasteiger partial charge in [-0.1, -0.05) is 12.1 Å². The molecule has 2 aromatic rings. The van der Waals surface area contributed by atoms with Crippen LogP contribution >= 0.6 is 0 Å². The second kappa shape index (κ2) is 8.95. The molecule has 6 nitrogen and oxygen atoms in total. The van der Waals surface area contributed by atoms with E-state index in [1.54, 1.807) is 25.3 Å². The van der Waals surface area contributed by atoms with Crippen molar-refractivity contribution in [3.8, 4) is 0 Å². The molecule has 148 valence electrons. The fourth-order valence-corrected chi connectivity index (χ4v) is 3.26. The third kappa shape index (κ3) is 4.74. The van der Waals surface area contributed by atoms with E-state index in [9.17, 15) is 14.0 Å². The lowest BCUT2D eigenvalue weighted by Crippen LogP contribution is -2.53. The van der Waals surface area contributed by atoms with Gasteiger partial charge in [-0.2, -0.15) is 0 Å². The standard InChI is InChI=1S/C21H24FN3O3/c1-28-21(9-11-23-12-10-21)20(27)24-14-15-3-2-4-18(13-15)25-19(26)16-5-7-17(22)8-6-16/h2-8,13,23H,9-12,14H2,1H3,(H,24,27)(H,25,26). The van der Waals surface area contributed by atoms with Gasteiger partial charge in [0.15, 0.2) is 0 Å². The summed E-state index contributed by atoms with van der Waals surface area (Å²) >= 11 is 0. The molecule has 1 aliphatic rings. The molecule has 1 heterocycles. The lowest BCUT2D eigenvalue weighted by Gasteiger charge is -2.34. The highest BCUT2D eigenvalue weighted by Crippen LogP contribution is 2.23. The maximum atomic E-state index is 13.0. The first-order valence-corrected chi connectivity index (χ1v) is 9.22. The molecule has 7 heteroatoms. The highest BCUT2D eigenvalue weighted by molar-refractivity contribution is 6.04. The molecular weight excluding hydrogens is 361 g/mol. The molecular formula is C21H24FN3O3. The molecule has 0 saturated carbocycles. The van der Waals surface area contributed by atoms with E-state index >= 15 is 0 Å². The molecule has 0 aromatic heterocycles. The van der Waals surface area contributed by atoms with Crippen LogP contribution < -0.4 is 16.0 Å². The SMILES string of the molecule is COC1(C(=O)NCc2cccc(NC(=O)c3ccc(F)cc3)c2)CCNCC1. The van der Waals surface area contributed by atoms with Gasteiger partial charge >= 0.3 is 0 Å². The summed E-state index contributed by atoms with van der Waals surface area (Å²) in [5.74, 6) is -0.844. The smallest absolute Gasteiger partial charge is 0.255 e. The molecule has 1 aliphatic heterocycles. The topological polar surface area (TPSA) is 79.5 Å². The maximum absolute atomic E-state index is 13.0. The molecule has 0 unspecified atom stereocenters. The Labute approximate surface area is 163 Å². The van der Waals surface area contributed by atoms with E-state index in [0.717, 1.165) is 18.7 Å². The number of carbonyl (C=O) groups is 2. The molecule has 2 aromatic carbocycles. The van der Waals surface area contributed by atoms with Gasteiger partial charge in [0, 0.05) is 24.9 Å². The van der Waals surface area contributed by atoms with Crippen molar-refractivity contribution in [2.75, 3.05) is 25.5 Å². The van der Waals surface area contributed by atoms with Crippen LogP contribution in [-0.2, 0) is 16.1 Å². The first kappa shape index (κ1) is 20.0. The normalized spacial score (nSPS) is 15.6. The van der Waals surface area contributed by atoms with E-state index < -0.39 is 11.4 Å². The van der Waals surface area contributed by atoms with Gasteiger partial charge in [-0.25, -0.2) is 4.39 Å². The average Bonchev–Trinajstić information content (AvgIpc) is 2.73. The Hall–Kier alpha value is -2.77. The second-order valence-corrected chi connectivity index (χ2v) is 6.79. The van der Waals surface area contributed by atoms with Crippen LogP contribution in [0.2, 0.25) is 0 Å². The van der Waals surface area contributed by atoms with Gasteiger partial charge in [0.25, 0.3) is 11.8 Å². The van der Waals surface area contributed by atoms with E-state index in [1.807, 2.05) is 6.07 Å². The highest BCUT2D eigenvalue weighted by atomic mass is 19.1. The predicted octanol–water partition coefficient (Wildman–Crippen LogP) is 2.46. The van der Waals surface area contributed by atoms with Crippen LogP contribution in [0.15, 0.2) is 48.5 Å². The fraction of sp³-hybridized carbons (Fsp3) is 0.333. The number of hydrogen-bond acceptors (Lipinski definition) is 4. The van der Waals surface area contributed by atoms with Gasteiger partial charge in [-0.05, 0) is 67.9 Å². The monoisotopic (exact) mass is 385 g/mol. The van der Waals surface area contributed by atoms with Crippen LogP contribution in [0.4, 0.5) is 10.1 Å². The number of nitrogens with one attached hydrogen (secondary N) is 3. The predicted molar refractivity (Wildman–Crippen MR) is 104 cm³/mol. The maximum Gasteiger partial charge on any atom is 0.255 e. The van der Waals surface area contributed by atoms with E-state index in [2.05, 4.69) is 16.0 Å². The average molecular weight is 385 g/mol. The number of ether oxygens (including phenoxy) is 1. The Morgan fingerprint density at radius 1 is 1.14 bits per heavy atom. The summed E-state index contributed by atoms with van der Waals surface area (Å²) in [5.41, 5.74) is 1.03. The van der Waals surface area contributed by atoms with E-state index in [4.69, 9.17) is 4.74 Å². The summed E-state index contributed by atoms with van der Waals surface area (Å²) in [6, 6.07) is 12.6. The molecule has 0 atom stereocenters. The fourth-order valence-electron chi connectivity index (χ4n) is 3.26. The second-order valence-electron chi connectivity index (χ2n) is 6.79. The van der Waals surface area contributed by atoms with Crippen molar-refractivity contribution in [1.29, 1.82) is 0 Å². The van der Waals surface area contributed by atoms with Crippen LogP contribution in [-0.4, -0.2) is 37.6 Å². The lowest BCUT2D eigenvalue weighted by atomic mass is 9.91. The zero-order chi connectivity index (χ0) is 20.0. The Morgan fingerprint density at radius 2 is 1.86 bits per heavy atom. The summed E-state index contributed by atoms with van der Waals surface area (Å²) in [6.45, 7) is 1.82. The van der Waals surface area contributed by atoms with E-state index in [0.29, 0.717) is 30.6 Å². The first-order chi connectivity index (χ1) is 13.5. The Morgan fingerprint density at radius 3 is 2.54 bits per heavy atom. The van der Waals surface area contributed by atoms with Gasteiger partial charge in [0.1, 0.15) is 11.4 Å². The Kier molecular flexibility index (Phi) is 6.38. The van der Waals surface area contributed by atoms with Gasteiger partial charge in [-0.15, -0.1) is 0 Å². The van der Waals surface area contributed by atoms with Gasteiger partial charge < -0.3 is 20.7 Å². The van der Waals surface area contributed by atoms with Crippen molar-refractivity contribution in [3.05, 3.63) is 65.5 Å². The van der Waals surface area contributed by atoms with Crippen molar-refractivity contribution in [2.24, 2.45) is 0 Å². The van der Waals surface area contributed by atoms with Crippen LogP contribution in [0.1, 0.15) is 28.8 Å². The number of benzene rings is 2. The molecule has 28 heavy (non-hydrogen) atoms. The largest absolute Gasteiger partial charge is 0.368 e. The van der Waals surface area contributed by atoms with Crippen LogP contribution in [0, 0.1) is 5.82 Å². The molecule has 2 amide bonds. The molecule has 1 saturated heterocycles. The van der Waals surface area contributed by atoms with Gasteiger partial charge in [-0.3, -0.25) is 9.59 Å². The summed E-state index contributed by atoms with van der Waals surface area (Å²) < 4.78 is 18.5. The highest BCUT2D eigenvalue weighted by Gasteiger charge is 2.39. The number of hydrogen-bond donors (Lipinski definition) is 3. The van der Waals surface area contributed by atoms with Crippen LogP contribution in [0.5, 0.6) is 0 Å². The molecule has 1 fully saturated rings. The summed E-state index contributed by atoms with van der Waals surface area (Å²) in [4.78, 5) is 24.9. The third-order valence-electron chi connectivity index (χ3n) is 4.96. The van der Waals surface area contributed by atoms with E-state index in [1.165, 1.54) is 24.3 Å². The van der Waals surface area contributed by atoms with E-state index in [-0.39, 0.29) is 11.8 Å². The number of piperidine rings is 1. The van der Waals surface area contributed by atoms with Crippen LogP contribution in [0.3, 0.4) is 0 Å². The summed E-state index contributed by atoms with van der Waals surface area (Å²) in [5, 5.41) is 8.94. The number of rotatable bonds is 6. The Bertz CT molecular complexity index is 833. The zero-order valence-electron chi connectivity index (χ0n) is 15.8. The van der Waals surface area contributed by atoms with Crippen molar-refractivity contribution in [2.45, 2.75) is 25.0 Å². The molecule has 0 aliphatic carbocycles. The third-order valence-corrected chi connectivity index (χ3v) is 4.96. The minimum atomic E-state index is -0.792. The summed E-state index contributed by atoms with van der Waals surface area (Å²) in [6.07, 6.45) is 1.26. The number of amides is 2. The number of methoxy groups -OCH3 is 1. The van der Waals surface area contributed by atoms with Crippen molar-refractivity contribution >= 4 is 17.5 Å².